The Kier molecular flexibility index (Phi) is 3.90. The van der Waals surface area contributed by atoms with Gasteiger partial charge in [-0.1, -0.05) is 18.2 Å². The highest BCUT2D eigenvalue weighted by molar-refractivity contribution is 6.06. The predicted octanol–water partition coefficient (Wildman–Crippen LogP) is 3.63. The molecule has 0 aromatic heterocycles. The van der Waals surface area contributed by atoms with Gasteiger partial charge in [0, 0.05) is 17.8 Å². The molecule has 0 atom stereocenters. The molecule has 2 nitrogen and oxygen atoms in total. The summed E-state index contributed by atoms with van der Waals surface area (Å²) in [6.07, 6.45) is 0. The molecule has 0 spiro atoms. The minimum Gasteiger partial charge on any atom is -0.309 e. The van der Waals surface area contributed by atoms with Gasteiger partial charge in [0.05, 0.1) is 0 Å². The van der Waals surface area contributed by atoms with E-state index < -0.39 is 11.6 Å². The first-order valence-electron chi connectivity index (χ1n) is 5.95. The third kappa shape index (κ3) is 2.78. The molecule has 0 saturated carbocycles. The maximum atomic E-state index is 13.2. The quantitative estimate of drug-likeness (QED) is 0.826. The molecular formula is C15H13F2NO. The van der Waals surface area contributed by atoms with Crippen LogP contribution in [0.5, 0.6) is 0 Å². The van der Waals surface area contributed by atoms with Crippen molar-refractivity contribution in [1.82, 2.24) is 0 Å². The molecule has 1 amide bonds. The summed E-state index contributed by atoms with van der Waals surface area (Å²) in [6, 6.07) is 12.2. The highest BCUT2D eigenvalue weighted by Gasteiger charge is 2.17. The van der Waals surface area contributed by atoms with Crippen LogP contribution in [0.3, 0.4) is 0 Å². The molecule has 0 aliphatic heterocycles. The molecule has 0 aliphatic rings. The molecule has 2 aromatic carbocycles. The lowest BCUT2D eigenvalue weighted by Gasteiger charge is -2.21. The second-order valence-electron chi connectivity index (χ2n) is 4.01. The first-order valence-corrected chi connectivity index (χ1v) is 5.95. The van der Waals surface area contributed by atoms with E-state index in [4.69, 9.17) is 0 Å². The molecule has 19 heavy (non-hydrogen) atoms. The van der Waals surface area contributed by atoms with Gasteiger partial charge >= 0.3 is 0 Å². The maximum Gasteiger partial charge on any atom is 0.258 e. The van der Waals surface area contributed by atoms with Gasteiger partial charge in [-0.2, -0.15) is 0 Å². The molecule has 0 saturated heterocycles. The van der Waals surface area contributed by atoms with Crippen molar-refractivity contribution in [2.75, 3.05) is 11.4 Å². The van der Waals surface area contributed by atoms with Crippen molar-refractivity contribution in [2.45, 2.75) is 6.92 Å². The number of hydrogen-bond acceptors (Lipinski definition) is 1. The average molecular weight is 261 g/mol. The molecule has 0 N–H and O–H groups in total. The van der Waals surface area contributed by atoms with E-state index in [1.165, 1.54) is 11.0 Å². The van der Waals surface area contributed by atoms with Gasteiger partial charge in [0.1, 0.15) is 0 Å². The summed E-state index contributed by atoms with van der Waals surface area (Å²) in [5, 5.41) is 0. The number of carbonyl (C=O) groups excluding carboxylic acids is 1. The summed E-state index contributed by atoms with van der Waals surface area (Å²) in [5.74, 6) is -2.33. The largest absolute Gasteiger partial charge is 0.309 e. The third-order valence-corrected chi connectivity index (χ3v) is 2.80. The number of nitrogens with zero attached hydrogens (tertiary/aromatic N) is 1. The van der Waals surface area contributed by atoms with Crippen molar-refractivity contribution in [2.24, 2.45) is 0 Å². The molecule has 0 bridgehead atoms. The zero-order valence-corrected chi connectivity index (χ0v) is 10.4. The van der Waals surface area contributed by atoms with Crippen LogP contribution < -0.4 is 4.90 Å². The lowest BCUT2D eigenvalue weighted by atomic mass is 10.1. The lowest BCUT2D eigenvalue weighted by Crippen LogP contribution is -2.30. The summed E-state index contributed by atoms with van der Waals surface area (Å²) in [6.45, 7) is 2.27. The number of anilines is 1. The number of para-hydroxylation sites is 1. The second-order valence-corrected chi connectivity index (χ2v) is 4.01. The highest BCUT2D eigenvalue weighted by atomic mass is 19.2. The summed E-state index contributed by atoms with van der Waals surface area (Å²) < 4.78 is 26.0. The fraction of sp³-hybridized carbons (Fsp3) is 0.133. The summed E-state index contributed by atoms with van der Waals surface area (Å²) in [5.41, 5.74) is 0.851. The molecule has 2 aromatic rings. The number of amides is 1. The first kappa shape index (κ1) is 13.2. The smallest absolute Gasteiger partial charge is 0.258 e. The van der Waals surface area contributed by atoms with Crippen molar-refractivity contribution in [3.05, 3.63) is 65.7 Å². The molecule has 98 valence electrons. The number of halogens is 2. The minimum atomic E-state index is -1.02. The van der Waals surface area contributed by atoms with Crippen LogP contribution in [0.4, 0.5) is 14.5 Å². The van der Waals surface area contributed by atoms with E-state index in [9.17, 15) is 13.6 Å². The summed E-state index contributed by atoms with van der Waals surface area (Å²) in [4.78, 5) is 13.8. The molecule has 0 unspecified atom stereocenters. The standard InChI is InChI=1S/C15H13F2NO/c1-2-18(12-6-4-3-5-7-12)15(19)11-8-9-13(16)14(17)10-11/h3-10H,2H2,1H3. The van der Waals surface area contributed by atoms with E-state index in [2.05, 4.69) is 0 Å². The molecule has 0 heterocycles. The van der Waals surface area contributed by atoms with Gasteiger partial charge in [-0.15, -0.1) is 0 Å². The van der Waals surface area contributed by atoms with E-state index in [-0.39, 0.29) is 11.5 Å². The fourth-order valence-electron chi connectivity index (χ4n) is 1.84. The summed E-state index contributed by atoms with van der Waals surface area (Å²) >= 11 is 0. The Morgan fingerprint density at radius 2 is 1.74 bits per heavy atom. The van der Waals surface area contributed by atoms with Crippen molar-refractivity contribution < 1.29 is 13.6 Å². The van der Waals surface area contributed by atoms with Crippen LogP contribution in [0.25, 0.3) is 0 Å². The Hall–Kier alpha value is -2.23. The van der Waals surface area contributed by atoms with Crippen LogP contribution in [0.15, 0.2) is 48.5 Å². The van der Waals surface area contributed by atoms with E-state index in [1.54, 1.807) is 12.1 Å². The lowest BCUT2D eigenvalue weighted by molar-refractivity contribution is 0.0988. The molecule has 0 aliphatic carbocycles. The molecule has 0 fully saturated rings. The van der Waals surface area contributed by atoms with Crippen LogP contribution in [0, 0.1) is 11.6 Å². The number of carbonyl (C=O) groups is 1. The van der Waals surface area contributed by atoms with E-state index >= 15 is 0 Å². The van der Waals surface area contributed by atoms with Crippen molar-refractivity contribution in [1.29, 1.82) is 0 Å². The maximum absolute atomic E-state index is 13.2. The average Bonchev–Trinajstić information content (AvgIpc) is 2.44. The highest BCUT2D eigenvalue weighted by Crippen LogP contribution is 2.17. The Morgan fingerprint density at radius 3 is 2.32 bits per heavy atom. The van der Waals surface area contributed by atoms with E-state index in [0.717, 1.165) is 17.8 Å². The molecular weight excluding hydrogens is 248 g/mol. The van der Waals surface area contributed by atoms with Gasteiger partial charge in [0.2, 0.25) is 0 Å². The topological polar surface area (TPSA) is 20.3 Å². The molecule has 0 radical (unpaired) electrons. The van der Waals surface area contributed by atoms with Gasteiger partial charge in [-0.25, -0.2) is 8.78 Å². The van der Waals surface area contributed by atoms with Gasteiger partial charge in [0.25, 0.3) is 5.91 Å². The van der Waals surface area contributed by atoms with Crippen LogP contribution in [-0.4, -0.2) is 12.5 Å². The zero-order chi connectivity index (χ0) is 13.8. The molecule has 2 rings (SSSR count). The Bertz CT molecular complexity index is 584. The normalized spacial score (nSPS) is 10.3. The van der Waals surface area contributed by atoms with Gasteiger partial charge < -0.3 is 4.90 Å². The Balaban J connectivity index is 2.33. The first-order chi connectivity index (χ1) is 9.13. The van der Waals surface area contributed by atoms with E-state index in [0.29, 0.717) is 6.54 Å². The van der Waals surface area contributed by atoms with Gasteiger partial charge in [-0.3, -0.25) is 4.79 Å². The number of hydrogen-bond donors (Lipinski definition) is 0. The van der Waals surface area contributed by atoms with Crippen LogP contribution in [0.1, 0.15) is 17.3 Å². The predicted molar refractivity (Wildman–Crippen MR) is 70.2 cm³/mol. The zero-order valence-electron chi connectivity index (χ0n) is 10.4. The van der Waals surface area contributed by atoms with Crippen LogP contribution in [-0.2, 0) is 0 Å². The van der Waals surface area contributed by atoms with Gasteiger partial charge in [0.15, 0.2) is 11.6 Å². The SMILES string of the molecule is CCN(C(=O)c1ccc(F)c(F)c1)c1ccccc1. The monoisotopic (exact) mass is 261 g/mol. The van der Waals surface area contributed by atoms with E-state index in [1.807, 2.05) is 25.1 Å². The van der Waals surface area contributed by atoms with Crippen LogP contribution >= 0.6 is 0 Å². The molecule has 4 heteroatoms. The Morgan fingerprint density at radius 1 is 1.05 bits per heavy atom. The summed E-state index contributed by atoms with van der Waals surface area (Å²) in [7, 11) is 0. The van der Waals surface area contributed by atoms with Crippen molar-refractivity contribution >= 4 is 11.6 Å². The van der Waals surface area contributed by atoms with Gasteiger partial charge in [-0.05, 0) is 37.3 Å². The fourth-order valence-corrected chi connectivity index (χ4v) is 1.84. The number of rotatable bonds is 3. The van der Waals surface area contributed by atoms with Crippen molar-refractivity contribution in [3.8, 4) is 0 Å². The second kappa shape index (κ2) is 5.61. The van der Waals surface area contributed by atoms with Crippen LogP contribution in [0.2, 0.25) is 0 Å². The Labute approximate surface area is 110 Å². The third-order valence-electron chi connectivity index (χ3n) is 2.80. The minimum absolute atomic E-state index is 0.129. The number of benzene rings is 2. The van der Waals surface area contributed by atoms with Crippen molar-refractivity contribution in [3.63, 3.8) is 0 Å².